The predicted octanol–water partition coefficient (Wildman–Crippen LogP) is 3.22. The summed E-state index contributed by atoms with van der Waals surface area (Å²) in [6, 6.07) is 7.57. The predicted molar refractivity (Wildman–Crippen MR) is 73.0 cm³/mol. The molecule has 0 spiro atoms. The van der Waals surface area contributed by atoms with Crippen LogP contribution in [0.1, 0.15) is 25.3 Å². The Morgan fingerprint density at radius 3 is 2.72 bits per heavy atom. The van der Waals surface area contributed by atoms with Crippen molar-refractivity contribution in [3.63, 3.8) is 0 Å². The molecule has 1 aromatic carbocycles. The third kappa shape index (κ3) is 2.95. The van der Waals surface area contributed by atoms with E-state index in [2.05, 4.69) is 11.0 Å². The van der Waals surface area contributed by atoms with Gasteiger partial charge in [-0.25, -0.2) is 0 Å². The number of hydrogen-bond acceptors (Lipinski definition) is 3. The van der Waals surface area contributed by atoms with Gasteiger partial charge in [-0.15, -0.1) is 0 Å². The van der Waals surface area contributed by atoms with Crippen LogP contribution in [0.2, 0.25) is 5.02 Å². The molecule has 0 atom stereocenters. The largest absolute Gasteiger partial charge is 0.378 e. The number of nitriles is 1. The lowest BCUT2D eigenvalue weighted by Crippen LogP contribution is -2.37. The SMILES string of the molecule is CCOC1CCN(c2ccc(C#N)cc2Cl)CC1. The summed E-state index contributed by atoms with van der Waals surface area (Å²) in [7, 11) is 0. The first-order valence-corrected chi connectivity index (χ1v) is 6.68. The first-order chi connectivity index (χ1) is 8.74. The second-order valence-corrected chi connectivity index (χ2v) is 4.83. The van der Waals surface area contributed by atoms with Gasteiger partial charge in [0.15, 0.2) is 0 Å². The number of nitrogens with zero attached hydrogens (tertiary/aromatic N) is 2. The highest BCUT2D eigenvalue weighted by atomic mass is 35.5. The molecule has 3 nitrogen and oxygen atoms in total. The maximum absolute atomic E-state index is 8.82. The molecule has 0 bridgehead atoms. The molecular formula is C14H17ClN2O. The van der Waals surface area contributed by atoms with Crippen molar-refractivity contribution in [2.45, 2.75) is 25.9 Å². The molecule has 4 heteroatoms. The Bertz CT molecular complexity index is 448. The van der Waals surface area contributed by atoms with Gasteiger partial charge in [0.05, 0.1) is 28.4 Å². The van der Waals surface area contributed by atoms with Crippen molar-refractivity contribution in [3.05, 3.63) is 28.8 Å². The highest BCUT2D eigenvalue weighted by molar-refractivity contribution is 6.33. The van der Waals surface area contributed by atoms with Gasteiger partial charge >= 0.3 is 0 Å². The Morgan fingerprint density at radius 1 is 1.44 bits per heavy atom. The summed E-state index contributed by atoms with van der Waals surface area (Å²) < 4.78 is 5.63. The molecule has 0 unspecified atom stereocenters. The zero-order valence-electron chi connectivity index (χ0n) is 10.5. The summed E-state index contributed by atoms with van der Waals surface area (Å²) in [4.78, 5) is 2.26. The fraction of sp³-hybridized carbons (Fsp3) is 0.500. The summed E-state index contributed by atoms with van der Waals surface area (Å²) in [6.45, 7) is 4.72. The summed E-state index contributed by atoms with van der Waals surface area (Å²) in [5, 5.41) is 9.47. The second kappa shape index (κ2) is 6.08. The Balaban J connectivity index is 2.04. The molecule has 1 fully saturated rings. The van der Waals surface area contributed by atoms with Crippen LogP contribution in [0.25, 0.3) is 0 Å². The summed E-state index contributed by atoms with van der Waals surface area (Å²) in [5.41, 5.74) is 1.62. The minimum atomic E-state index is 0.378. The van der Waals surface area contributed by atoms with E-state index in [9.17, 15) is 0 Å². The first-order valence-electron chi connectivity index (χ1n) is 6.30. The topological polar surface area (TPSA) is 36.3 Å². The van der Waals surface area contributed by atoms with Gasteiger partial charge in [-0.05, 0) is 38.0 Å². The van der Waals surface area contributed by atoms with Crippen LogP contribution in [0, 0.1) is 11.3 Å². The van der Waals surface area contributed by atoms with E-state index in [0.29, 0.717) is 16.7 Å². The van der Waals surface area contributed by atoms with Gasteiger partial charge in [0, 0.05) is 19.7 Å². The monoisotopic (exact) mass is 264 g/mol. The van der Waals surface area contributed by atoms with Crippen molar-refractivity contribution in [1.82, 2.24) is 0 Å². The van der Waals surface area contributed by atoms with Crippen molar-refractivity contribution in [1.29, 1.82) is 5.26 Å². The van der Waals surface area contributed by atoms with Gasteiger partial charge in [-0.1, -0.05) is 11.6 Å². The van der Waals surface area contributed by atoms with Crippen molar-refractivity contribution in [2.75, 3.05) is 24.6 Å². The van der Waals surface area contributed by atoms with Gasteiger partial charge in [0.1, 0.15) is 0 Å². The summed E-state index contributed by atoms with van der Waals surface area (Å²) in [6.07, 6.45) is 2.44. The molecule has 1 saturated heterocycles. The Labute approximate surface area is 113 Å². The third-order valence-corrected chi connectivity index (χ3v) is 3.56. The van der Waals surface area contributed by atoms with Crippen LogP contribution in [-0.4, -0.2) is 25.8 Å². The first kappa shape index (κ1) is 13.2. The molecule has 1 aromatic rings. The molecule has 0 saturated carbocycles. The molecule has 2 rings (SSSR count). The van der Waals surface area contributed by atoms with Crippen molar-refractivity contribution < 1.29 is 4.74 Å². The standard InChI is InChI=1S/C14H17ClN2O/c1-2-18-12-5-7-17(8-6-12)14-4-3-11(10-16)9-13(14)15/h3-4,9,12H,2,5-8H2,1H3. The van der Waals surface area contributed by atoms with Crippen LogP contribution in [0.5, 0.6) is 0 Å². The zero-order valence-corrected chi connectivity index (χ0v) is 11.3. The minimum absolute atomic E-state index is 0.378. The number of piperidine rings is 1. The molecule has 0 radical (unpaired) electrons. The van der Waals surface area contributed by atoms with Crippen LogP contribution in [0.4, 0.5) is 5.69 Å². The maximum Gasteiger partial charge on any atom is 0.0992 e. The van der Waals surface area contributed by atoms with Gasteiger partial charge in [-0.3, -0.25) is 0 Å². The molecule has 0 amide bonds. The van der Waals surface area contributed by atoms with Gasteiger partial charge in [0.2, 0.25) is 0 Å². The number of benzene rings is 1. The second-order valence-electron chi connectivity index (χ2n) is 4.42. The molecule has 0 N–H and O–H groups in total. The van der Waals surface area contributed by atoms with Crippen LogP contribution >= 0.6 is 11.6 Å². The van der Waals surface area contributed by atoms with E-state index in [1.165, 1.54) is 0 Å². The van der Waals surface area contributed by atoms with E-state index in [1.54, 1.807) is 6.07 Å². The Hall–Kier alpha value is -1.24. The maximum atomic E-state index is 8.82. The number of rotatable bonds is 3. The van der Waals surface area contributed by atoms with Crippen molar-refractivity contribution in [3.8, 4) is 6.07 Å². The van der Waals surface area contributed by atoms with Crippen LogP contribution in [-0.2, 0) is 4.74 Å². The Kier molecular flexibility index (Phi) is 4.46. The lowest BCUT2D eigenvalue weighted by atomic mass is 10.1. The van der Waals surface area contributed by atoms with Crippen LogP contribution < -0.4 is 4.90 Å². The van der Waals surface area contributed by atoms with E-state index in [4.69, 9.17) is 21.6 Å². The Morgan fingerprint density at radius 2 is 2.17 bits per heavy atom. The normalized spacial score (nSPS) is 16.6. The third-order valence-electron chi connectivity index (χ3n) is 3.26. The average molecular weight is 265 g/mol. The molecule has 0 aromatic heterocycles. The van der Waals surface area contributed by atoms with E-state index in [1.807, 2.05) is 19.1 Å². The lowest BCUT2D eigenvalue weighted by Gasteiger charge is -2.33. The molecule has 18 heavy (non-hydrogen) atoms. The number of hydrogen-bond donors (Lipinski definition) is 0. The van der Waals surface area contributed by atoms with Gasteiger partial charge in [-0.2, -0.15) is 5.26 Å². The van der Waals surface area contributed by atoms with E-state index in [-0.39, 0.29) is 0 Å². The van der Waals surface area contributed by atoms with E-state index < -0.39 is 0 Å². The molecule has 0 aliphatic carbocycles. The minimum Gasteiger partial charge on any atom is -0.378 e. The summed E-state index contributed by atoms with van der Waals surface area (Å²) in [5.74, 6) is 0. The lowest BCUT2D eigenvalue weighted by molar-refractivity contribution is 0.0459. The van der Waals surface area contributed by atoms with E-state index in [0.717, 1.165) is 38.2 Å². The van der Waals surface area contributed by atoms with Crippen LogP contribution in [0.15, 0.2) is 18.2 Å². The van der Waals surface area contributed by atoms with Crippen molar-refractivity contribution in [2.24, 2.45) is 0 Å². The van der Waals surface area contributed by atoms with Gasteiger partial charge in [0.25, 0.3) is 0 Å². The van der Waals surface area contributed by atoms with Crippen LogP contribution in [0.3, 0.4) is 0 Å². The molecule has 96 valence electrons. The smallest absolute Gasteiger partial charge is 0.0992 e. The molecule has 1 heterocycles. The van der Waals surface area contributed by atoms with Crippen molar-refractivity contribution >= 4 is 17.3 Å². The number of halogens is 1. The number of anilines is 1. The van der Waals surface area contributed by atoms with E-state index >= 15 is 0 Å². The fourth-order valence-corrected chi connectivity index (χ4v) is 2.63. The number of ether oxygens (including phenoxy) is 1. The highest BCUT2D eigenvalue weighted by Crippen LogP contribution is 2.29. The quantitative estimate of drug-likeness (QED) is 0.841. The summed E-state index contributed by atoms with van der Waals surface area (Å²) >= 11 is 6.22. The fourth-order valence-electron chi connectivity index (χ4n) is 2.33. The molecule has 1 aliphatic heterocycles. The molecular weight excluding hydrogens is 248 g/mol. The zero-order chi connectivity index (χ0) is 13.0. The highest BCUT2D eigenvalue weighted by Gasteiger charge is 2.20. The molecule has 1 aliphatic rings. The van der Waals surface area contributed by atoms with Gasteiger partial charge < -0.3 is 9.64 Å². The average Bonchev–Trinajstić information content (AvgIpc) is 2.40.